The molecule has 0 unspecified atom stereocenters. The van der Waals surface area contributed by atoms with Crippen LogP contribution >= 0.6 is 0 Å². The summed E-state index contributed by atoms with van der Waals surface area (Å²) >= 11 is 0. The maximum Gasteiger partial charge on any atom is 2.00 e. The molecular formula is C56H46N4OPt+2. The largest absolute Gasteiger partial charge is 2.00 e. The van der Waals surface area contributed by atoms with Crippen molar-refractivity contribution in [1.29, 1.82) is 0 Å². The van der Waals surface area contributed by atoms with Gasteiger partial charge in [-0.2, -0.15) is 12.1 Å². The third-order valence-corrected chi connectivity index (χ3v) is 11.2. The summed E-state index contributed by atoms with van der Waals surface area (Å²) in [4.78, 5) is 4.84. The fraction of sp³-hybridized carbons (Fsp3) is 0.143. The van der Waals surface area contributed by atoms with Crippen molar-refractivity contribution < 1.29 is 28.5 Å². The number of ether oxygens (including phenoxy) is 1. The van der Waals surface area contributed by atoms with Crippen LogP contribution in [0.2, 0.25) is 0 Å². The fourth-order valence-electron chi connectivity index (χ4n) is 8.33. The third kappa shape index (κ3) is 7.53. The van der Waals surface area contributed by atoms with Crippen molar-refractivity contribution in [3.8, 4) is 39.6 Å². The molecule has 1 aliphatic rings. The van der Waals surface area contributed by atoms with E-state index in [2.05, 4.69) is 133 Å². The zero-order valence-electron chi connectivity index (χ0n) is 37.3. The van der Waals surface area contributed by atoms with E-state index in [1.54, 1.807) is 0 Å². The molecule has 0 spiro atoms. The molecule has 62 heavy (non-hydrogen) atoms. The van der Waals surface area contributed by atoms with Crippen LogP contribution in [0.25, 0.3) is 49.9 Å². The number of fused-ring (bicyclic) bond motifs is 4. The molecule has 304 valence electrons. The van der Waals surface area contributed by atoms with E-state index >= 15 is 0 Å². The second kappa shape index (κ2) is 16.7. The Bertz CT molecular complexity index is 3230. The van der Waals surface area contributed by atoms with Gasteiger partial charge < -0.3 is 9.30 Å². The Balaban J connectivity index is 0.00000518. The predicted molar refractivity (Wildman–Crippen MR) is 252 cm³/mol. The first kappa shape index (κ1) is 38.3. The van der Waals surface area contributed by atoms with Crippen molar-refractivity contribution in [2.75, 3.05) is 0 Å². The van der Waals surface area contributed by atoms with E-state index < -0.39 is 6.37 Å². The van der Waals surface area contributed by atoms with Gasteiger partial charge in [-0.15, -0.1) is 23.6 Å². The van der Waals surface area contributed by atoms with E-state index in [0.29, 0.717) is 22.7 Å². The monoisotopic (exact) mass is 987 g/mol. The Morgan fingerprint density at radius 2 is 1.34 bits per heavy atom. The number of hydrogen-bond donors (Lipinski definition) is 0. The summed E-state index contributed by atoms with van der Waals surface area (Å²) < 4.78 is 31.8. The van der Waals surface area contributed by atoms with Crippen LogP contribution < -0.4 is 13.9 Å². The van der Waals surface area contributed by atoms with Gasteiger partial charge in [0.15, 0.2) is 0 Å². The molecule has 2 aromatic heterocycles. The summed E-state index contributed by atoms with van der Waals surface area (Å²) in [5.74, 6) is 1.57. The summed E-state index contributed by atoms with van der Waals surface area (Å²) in [6.07, 6.45) is 0.219. The molecule has 1 aliphatic heterocycles. The summed E-state index contributed by atoms with van der Waals surface area (Å²) in [7, 11) is 0. The van der Waals surface area contributed by atoms with Crippen LogP contribution in [-0.2, 0) is 32.9 Å². The minimum absolute atomic E-state index is 0. The van der Waals surface area contributed by atoms with Crippen molar-refractivity contribution in [2.45, 2.75) is 46.4 Å². The Hall–Kier alpha value is -6.64. The maximum atomic E-state index is 9.47. The third-order valence-electron chi connectivity index (χ3n) is 11.2. The van der Waals surface area contributed by atoms with E-state index in [1.165, 1.54) is 5.56 Å². The molecule has 0 radical (unpaired) electrons. The van der Waals surface area contributed by atoms with Gasteiger partial charge >= 0.3 is 32.8 Å². The molecule has 9 aromatic rings. The molecule has 0 N–H and O–H groups in total. The Kier molecular flexibility index (Phi) is 10.3. The minimum Gasteiger partial charge on any atom is -0.509 e. The molecule has 10 rings (SSSR count). The number of hydrogen-bond acceptors (Lipinski definition) is 2. The van der Waals surface area contributed by atoms with E-state index in [1.807, 2.05) is 103 Å². The van der Waals surface area contributed by atoms with Gasteiger partial charge in [-0.25, -0.2) is 4.98 Å². The maximum absolute atomic E-state index is 9.47. The van der Waals surface area contributed by atoms with Crippen LogP contribution in [0.4, 0.5) is 22.7 Å². The zero-order valence-corrected chi connectivity index (χ0v) is 37.5. The zero-order chi connectivity index (χ0) is 43.5. The molecule has 0 amide bonds. The van der Waals surface area contributed by atoms with Gasteiger partial charge in [-0.3, -0.25) is 0 Å². The van der Waals surface area contributed by atoms with Crippen molar-refractivity contribution in [1.82, 2.24) is 18.7 Å². The van der Waals surface area contributed by atoms with E-state index in [4.69, 9.17) is 9.72 Å². The van der Waals surface area contributed by atoms with Gasteiger partial charge in [0.2, 0.25) is 5.69 Å². The van der Waals surface area contributed by atoms with Gasteiger partial charge in [0.25, 0.3) is 5.69 Å². The van der Waals surface area contributed by atoms with E-state index in [-0.39, 0.29) is 32.4 Å². The molecular weight excluding hydrogens is 940 g/mol. The summed E-state index contributed by atoms with van der Waals surface area (Å²) in [6, 6.07) is 66.3. The van der Waals surface area contributed by atoms with Crippen molar-refractivity contribution in [3.63, 3.8) is 0 Å². The van der Waals surface area contributed by atoms with Crippen LogP contribution in [0, 0.1) is 18.1 Å². The van der Waals surface area contributed by atoms with Crippen LogP contribution in [0.1, 0.15) is 48.5 Å². The molecule has 0 fully saturated rings. The quantitative estimate of drug-likeness (QED) is 0.107. The number of rotatable bonds is 9. The topological polar surface area (TPSA) is 33.1 Å². The fourth-order valence-corrected chi connectivity index (χ4v) is 8.33. The predicted octanol–water partition coefficient (Wildman–Crippen LogP) is 14.3. The number of pyridine rings is 1. The van der Waals surface area contributed by atoms with Gasteiger partial charge in [0, 0.05) is 37.6 Å². The van der Waals surface area contributed by atoms with E-state index in [0.717, 1.165) is 66.9 Å². The molecule has 0 bridgehead atoms. The van der Waals surface area contributed by atoms with E-state index in [9.17, 15) is 2.74 Å². The molecule has 5 nitrogen and oxygen atoms in total. The summed E-state index contributed by atoms with van der Waals surface area (Å²) in [5, 5.41) is 2.17. The van der Waals surface area contributed by atoms with Crippen molar-refractivity contribution in [3.05, 3.63) is 193 Å². The standard InChI is InChI=1S/C56H46N4O.Pt/c1-38(2)33-41-21-14-28-51-54(41)59(55-46(39-17-8-6-9-18-39)25-16-26-47(55)40-19-10-7-11-20-40)37-58(51)43-22-15-23-44(35-43)61-45-29-30-49-48-24-12-13-27-50(48)60(52(49)36-45)53-34-42(31-32-57-53)56(3,4)5;/h6-32,34,38H,33H2,1-5H3;/q;+2/i33D2;. The Labute approximate surface area is 381 Å². The number of para-hydroxylation sites is 3. The summed E-state index contributed by atoms with van der Waals surface area (Å²) in [5.41, 5.74) is 10.8. The minimum atomic E-state index is -1.66. The first-order valence-electron chi connectivity index (χ1n) is 21.8. The van der Waals surface area contributed by atoms with Gasteiger partial charge in [-0.1, -0.05) is 154 Å². The number of benzene rings is 7. The number of aromatic nitrogens is 2. The van der Waals surface area contributed by atoms with Crippen LogP contribution in [0.5, 0.6) is 11.5 Å². The van der Waals surface area contributed by atoms with Crippen LogP contribution in [-0.4, -0.2) is 15.6 Å². The van der Waals surface area contributed by atoms with Gasteiger partial charge in [0.05, 0.1) is 11.1 Å². The summed E-state index contributed by atoms with van der Waals surface area (Å²) in [6.45, 7) is 10.5. The van der Waals surface area contributed by atoms with Crippen LogP contribution in [0.15, 0.2) is 170 Å². The molecule has 6 heteroatoms. The van der Waals surface area contributed by atoms with Gasteiger partial charge in [0.1, 0.15) is 11.5 Å². The molecule has 0 aliphatic carbocycles. The van der Waals surface area contributed by atoms with Crippen LogP contribution in [0.3, 0.4) is 0 Å². The molecule has 7 aromatic carbocycles. The Morgan fingerprint density at radius 1 is 0.677 bits per heavy atom. The van der Waals surface area contributed by atoms with Crippen molar-refractivity contribution in [2.24, 2.45) is 5.92 Å². The molecule has 0 saturated carbocycles. The molecule has 0 saturated heterocycles. The average molecular weight is 988 g/mol. The number of nitrogens with zero attached hydrogens (tertiary/aromatic N) is 4. The first-order chi connectivity index (χ1) is 30.5. The second-order valence-corrected chi connectivity index (χ2v) is 16.8. The Morgan fingerprint density at radius 3 is 2.05 bits per heavy atom. The second-order valence-electron chi connectivity index (χ2n) is 16.8. The first-order valence-corrected chi connectivity index (χ1v) is 20.8. The normalized spacial score (nSPS) is 13.0. The smallest absolute Gasteiger partial charge is 0.509 e. The SMILES string of the molecule is [2H]C([2H])(c1cccc2c1[N+](c1c(-c3ccccc3)cccc1-c1ccccc1)=C=[N+]2c1[c-]c(Oc2[c-]c3c(cc2)c2ccccc2n3-c2cc(C(C)(C)C)ccn2)ccc1)C(C)C.[Pt+2]. The molecule has 3 heterocycles. The van der Waals surface area contributed by atoms with Gasteiger partial charge in [-0.05, 0) is 74.7 Å². The molecule has 0 atom stereocenters. The van der Waals surface area contributed by atoms with Crippen molar-refractivity contribution >= 4 is 50.6 Å². The average Bonchev–Trinajstić information content (AvgIpc) is 3.85.